The summed E-state index contributed by atoms with van der Waals surface area (Å²) < 4.78 is 16.1. The van der Waals surface area contributed by atoms with Crippen molar-refractivity contribution in [3.05, 3.63) is 65.7 Å². The van der Waals surface area contributed by atoms with Crippen molar-refractivity contribution >= 4 is 28.3 Å². The SMILES string of the molecule is CCOC(=O)c1csc(NC(=O)COc2cccc(Oc3ccccc3)c2)n1. The fourth-order valence-corrected chi connectivity index (χ4v) is 2.88. The van der Waals surface area contributed by atoms with Crippen LogP contribution in [-0.2, 0) is 9.53 Å². The average Bonchev–Trinajstić information content (AvgIpc) is 3.16. The summed E-state index contributed by atoms with van der Waals surface area (Å²) >= 11 is 1.14. The molecule has 3 aromatic rings. The van der Waals surface area contributed by atoms with Crippen LogP contribution in [0.1, 0.15) is 17.4 Å². The van der Waals surface area contributed by atoms with Gasteiger partial charge in [0, 0.05) is 11.4 Å². The molecule has 0 spiro atoms. The van der Waals surface area contributed by atoms with E-state index in [2.05, 4.69) is 10.3 Å². The maximum Gasteiger partial charge on any atom is 0.357 e. The third-order valence-corrected chi connectivity index (χ3v) is 4.15. The van der Waals surface area contributed by atoms with Crippen molar-refractivity contribution in [2.24, 2.45) is 0 Å². The van der Waals surface area contributed by atoms with Gasteiger partial charge in [0.15, 0.2) is 17.4 Å². The Kier molecular flexibility index (Phi) is 6.59. The van der Waals surface area contributed by atoms with Crippen molar-refractivity contribution in [1.82, 2.24) is 4.98 Å². The number of aromatic nitrogens is 1. The lowest BCUT2D eigenvalue weighted by atomic mass is 10.3. The van der Waals surface area contributed by atoms with Crippen LogP contribution in [0.4, 0.5) is 5.13 Å². The first-order valence-electron chi connectivity index (χ1n) is 8.52. The van der Waals surface area contributed by atoms with Gasteiger partial charge in [-0.2, -0.15) is 0 Å². The Hall–Kier alpha value is -3.39. The molecule has 0 atom stereocenters. The molecule has 7 nitrogen and oxygen atoms in total. The Balaban J connectivity index is 1.52. The van der Waals surface area contributed by atoms with Crippen LogP contribution in [0.15, 0.2) is 60.0 Å². The number of anilines is 1. The molecule has 0 saturated heterocycles. The van der Waals surface area contributed by atoms with Crippen LogP contribution in [0.3, 0.4) is 0 Å². The molecule has 0 aliphatic carbocycles. The van der Waals surface area contributed by atoms with Crippen LogP contribution in [0.2, 0.25) is 0 Å². The summed E-state index contributed by atoms with van der Waals surface area (Å²) in [6.07, 6.45) is 0. The van der Waals surface area contributed by atoms with Crippen LogP contribution < -0.4 is 14.8 Å². The lowest BCUT2D eigenvalue weighted by Gasteiger charge is -2.09. The number of para-hydroxylation sites is 1. The van der Waals surface area contributed by atoms with Gasteiger partial charge in [-0.15, -0.1) is 11.3 Å². The maximum atomic E-state index is 12.0. The summed E-state index contributed by atoms with van der Waals surface area (Å²) in [6.45, 7) is 1.77. The number of nitrogens with zero attached hydrogens (tertiary/aromatic N) is 1. The summed E-state index contributed by atoms with van der Waals surface area (Å²) in [5.41, 5.74) is 0.161. The molecule has 0 bridgehead atoms. The summed E-state index contributed by atoms with van der Waals surface area (Å²) in [7, 11) is 0. The minimum atomic E-state index is -0.522. The van der Waals surface area contributed by atoms with Gasteiger partial charge in [0.25, 0.3) is 5.91 Å². The number of nitrogens with one attached hydrogen (secondary N) is 1. The zero-order valence-corrected chi connectivity index (χ0v) is 15.9. The number of carbonyl (C=O) groups is 2. The third-order valence-electron chi connectivity index (χ3n) is 3.39. The molecule has 1 heterocycles. The lowest BCUT2D eigenvalue weighted by molar-refractivity contribution is -0.118. The monoisotopic (exact) mass is 398 g/mol. The van der Waals surface area contributed by atoms with Crippen molar-refractivity contribution in [2.45, 2.75) is 6.92 Å². The molecule has 1 amide bonds. The van der Waals surface area contributed by atoms with Crippen LogP contribution in [0.5, 0.6) is 17.2 Å². The molecule has 0 saturated carbocycles. The fraction of sp³-hybridized carbons (Fsp3) is 0.150. The van der Waals surface area contributed by atoms with Crippen molar-refractivity contribution < 1.29 is 23.8 Å². The van der Waals surface area contributed by atoms with Crippen molar-refractivity contribution in [2.75, 3.05) is 18.5 Å². The third kappa shape index (κ3) is 5.55. The number of hydrogen-bond donors (Lipinski definition) is 1. The van der Waals surface area contributed by atoms with Gasteiger partial charge < -0.3 is 14.2 Å². The molecule has 0 aliphatic rings. The summed E-state index contributed by atoms with van der Waals surface area (Å²) in [5.74, 6) is 0.890. The zero-order valence-electron chi connectivity index (χ0n) is 15.1. The predicted molar refractivity (Wildman–Crippen MR) is 105 cm³/mol. The highest BCUT2D eigenvalue weighted by Gasteiger charge is 2.13. The van der Waals surface area contributed by atoms with E-state index in [9.17, 15) is 9.59 Å². The molecule has 28 heavy (non-hydrogen) atoms. The smallest absolute Gasteiger partial charge is 0.357 e. The number of esters is 1. The first-order valence-corrected chi connectivity index (χ1v) is 9.40. The van der Waals surface area contributed by atoms with Gasteiger partial charge in [-0.1, -0.05) is 24.3 Å². The van der Waals surface area contributed by atoms with E-state index >= 15 is 0 Å². The molecule has 0 fully saturated rings. The molecule has 8 heteroatoms. The Labute approximate surface area is 165 Å². The van der Waals surface area contributed by atoms with Crippen molar-refractivity contribution in [3.63, 3.8) is 0 Å². The highest BCUT2D eigenvalue weighted by atomic mass is 32.1. The van der Waals surface area contributed by atoms with Crippen molar-refractivity contribution in [3.8, 4) is 17.2 Å². The molecule has 144 valence electrons. The fourth-order valence-electron chi connectivity index (χ4n) is 2.19. The second kappa shape index (κ2) is 9.52. The largest absolute Gasteiger partial charge is 0.484 e. The normalized spacial score (nSPS) is 10.2. The average molecular weight is 398 g/mol. The minimum absolute atomic E-state index is 0.161. The molecule has 2 aromatic carbocycles. The molecular formula is C20H18N2O5S. The second-order valence-corrected chi connectivity index (χ2v) is 6.34. The van der Waals surface area contributed by atoms with Gasteiger partial charge in [0.05, 0.1) is 6.61 Å². The van der Waals surface area contributed by atoms with E-state index in [-0.39, 0.29) is 24.8 Å². The van der Waals surface area contributed by atoms with Gasteiger partial charge in [-0.25, -0.2) is 9.78 Å². The number of ether oxygens (including phenoxy) is 3. The number of benzene rings is 2. The molecule has 0 unspecified atom stereocenters. The van der Waals surface area contributed by atoms with E-state index in [1.54, 1.807) is 31.2 Å². The highest BCUT2D eigenvalue weighted by Crippen LogP contribution is 2.25. The number of amides is 1. The van der Waals surface area contributed by atoms with Gasteiger partial charge in [-0.05, 0) is 31.2 Å². The number of carbonyl (C=O) groups excluding carboxylic acids is 2. The van der Waals surface area contributed by atoms with E-state index in [0.717, 1.165) is 11.3 Å². The van der Waals surface area contributed by atoms with E-state index in [1.807, 2.05) is 30.3 Å². The Morgan fingerprint density at radius 1 is 1.04 bits per heavy atom. The quantitative estimate of drug-likeness (QED) is 0.574. The topological polar surface area (TPSA) is 86.8 Å². The van der Waals surface area contributed by atoms with E-state index in [0.29, 0.717) is 22.4 Å². The van der Waals surface area contributed by atoms with Crippen LogP contribution in [0, 0.1) is 0 Å². The summed E-state index contributed by atoms with van der Waals surface area (Å²) in [6, 6.07) is 16.4. The number of rotatable bonds is 8. The van der Waals surface area contributed by atoms with Crippen molar-refractivity contribution in [1.29, 1.82) is 0 Å². The molecular weight excluding hydrogens is 380 g/mol. The molecule has 0 aliphatic heterocycles. The van der Waals surface area contributed by atoms with Crippen LogP contribution >= 0.6 is 11.3 Å². The van der Waals surface area contributed by atoms with Gasteiger partial charge in [-0.3, -0.25) is 10.1 Å². The zero-order chi connectivity index (χ0) is 19.8. The minimum Gasteiger partial charge on any atom is -0.484 e. The highest BCUT2D eigenvalue weighted by molar-refractivity contribution is 7.14. The lowest BCUT2D eigenvalue weighted by Crippen LogP contribution is -2.20. The van der Waals surface area contributed by atoms with Crippen LogP contribution in [0.25, 0.3) is 0 Å². The van der Waals surface area contributed by atoms with Crippen LogP contribution in [-0.4, -0.2) is 30.1 Å². The molecule has 0 radical (unpaired) electrons. The predicted octanol–water partition coefficient (Wildman–Crippen LogP) is 4.13. The van der Waals surface area contributed by atoms with E-state index < -0.39 is 5.97 Å². The molecule has 1 N–H and O–H groups in total. The number of thiazole rings is 1. The molecule has 3 rings (SSSR count). The van der Waals surface area contributed by atoms with E-state index in [1.165, 1.54) is 5.38 Å². The number of hydrogen-bond acceptors (Lipinski definition) is 7. The first kappa shape index (κ1) is 19.4. The van der Waals surface area contributed by atoms with Gasteiger partial charge in [0.1, 0.15) is 17.2 Å². The van der Waals surface area contributed by atoms with Gasteiger partial charge >= 0.3 is 5.97 Å². The maximum absolute atomic E-state index is 12.0. The Bertz CT molecular complexity index is 943. The van der Waals surface area contributed by atoms with E-state index in [4.69, 9.17) is 14.2 Å². The summed E-state index contributed by atoms with van der Waals surface area (Å²) in [5, 5.41) is 4.42. The van der Waals surface area contributed by atoms with Gasteiger partial charge in [0.2, 0.25) is 0 Å². The molecule has 1 aromatic heterocycles. The summed E-state index contributed by atoms with van der Waals surface area (Å²) in [4.78, 5) is 27.7. The standard InChI is InChI=1S/C20H18N2O5S/c1-2-25-19(24)17-13-28-20(21-17)22-18(23)12-26-15-9-6-10-16(11-15)27-14-7-4-3-5-8-14/h3-11,13H,2,12H2,1H3,(H,21,22,23). The second-order valence-electron chi connectivity index (χ2n) is 5.49. The Morgan fingerprint density at radius 3 is 2.57 bits per heavy atom. The Morgan fingerprint density at radius 2 is 1.79 bits per heavy atom. The first-order chi connectivity index (χ1) is 13.6.